The van der Waals surface area contributed by atoms with Gasteiger partial charge in [-0.25, -0.2) is 0 Å². The van der Waals surface area contributed by atoms with E-state index >= 15 is 0 Å². The van der Waals surface area contributed by atoms with Gasteiger partial charge in [0.2, 0.25) is 5.91 Å². The van der Waals surface area contributed by atoms with E-state index in [9.17, 15) is 4.79 Å². The number of benzene rings is 2. The van der Waals surface area contributed by atoms with E-state index < -0.39 is 0 Å². The summed E-state index contributed by atoms with van der Waals surface area (Å²) in [6.45, 7) is 5.24. The Balaban J connectivity index is 1.64. The van der Waals surface area contributed by atoms with Crippen LogP contribution in [-0.2, 0) is 4.79 Å². The third-order valence-corrected chi connectivity index (χ3v) is 4.20. The maximum absolute atomic E-state index is 12.3. The first-order valence-electron chi connectivity index (χ1n) is 8.60. The third kappa shape index (κ3) is 4.41. The van der Waals surface area contributed by atoms with Crippen LogP contribution in [-0.4, -0.2) is 19.1 Å². The van der Waals surface area contributed by atoms with Gasteiger partial charge in [0, 0.05) is 6.08 Å². The quantitative estimate of drug-likeness (QED) is 0.838. The maximum Gasteiger partial charge on any atom is 0.244 e. The largest absolute Gasteiger partial charge is 0.486 e. The molecule has 0 saturated carbocycles. The number of carbonyl (C=O) groups excluding carboxylic acids is 1. The average molecular weight is 337 g/mol. The highest BCUT2D eigenvalue weighted by molar-refractivity contribution is 5.92. The predicted molar refractivity (Wildman–Crippen MR) is 98.8 cm³/mol. The highest BCUT2D eigenvalue weighted by Crippen LogP contribution is 2.31. The van der Waals surface area contributed by atoms with Gasteiger partial charge in [0.25, 0.3) is 0 Å². The fraction of sp³-hybridized carbons (Fsp3) is 0.286. The summed E-state index contributed by atoms with van der Waals surface area (Å²) in [5, 5.41) is 3.05. The second kappa shape index (κ2) is 7.88. The summed E-state index contributed by atoms with van der Waals surface area (Å²) < 4.78 is 11.1. The van der Waals surface area contributed by atoms with Crippen LogP contribution in [0, 0.1) is 6.92 Å². The molecule has 0 aromatic heterocycles. The number of nitrogens with one attached hydrogen (secondary N) is 1. The van der Waals surface area contributed by atoms with Gasteiger partial charge in [-0.3, -0.25) is 4.79 Å². The van der Waals surface area contributed by atoms with Gasteiger partial charge in [-0.05, 0) is 42.7 Å². The normalized spacial score (nSPS) is 14.3. The summed E-state index contributed by atoms with van der Waals surface area (Å²) in [4.78, 5) is 12.3. The van der Waals surface area contributed by atoms with Crippen LogP contribution in [0.3, 0.4) is 0 Å². The van der Waals surface area contributed by atoms with Crippen LogP contribution in [0.5, 0.6) is 11.5 Å². The molecule has 130 valence electrons. The molecule has 0 aliphatic carbocycles. The first-order valence-corrected chi connectivity index (χ1v) is 8.60. The molecule has 0 spiro atoms. The van der Waals surface area contributed by atoms with E-state index in [1.54, 1.807) is 12.2 Å². The molecule has 1 amide bonds. The van der Waals surface area contributed by atoms with Crippen LogP contribution in [0.15, 0.2) is 48.5 Å². The molecular weight excluding hydrogens is 314 g/mol. The van der Waals surface area contributed by atoms with E-state index in [2.05, 4.69) is 43.4 Å². The molecule has 1 aliphatic rings. The zero-order valence-electron chi connectivity index (χ0n) is 14.6. The molecule has 1 N–H and O–H groups in total. The van der Waals surface area contributed by atoms with Crippen molar-refractivity contribution in [1.82, 2.24) is 5.32 Å². The number of fused-ring (bicyclic) bond motifs is 1. The zero-order chi connectivity index (χ0) is 17.6. The molecule has 3 rings (SSSR count). The van der Waals surface area contributed by atoms with Crippen molar-refractivity contribution in [2.45, 2.75) is 26.3 Å². The van der Waals surface area contributed by atoms with Gasteiger partial charge in [0.05, 0.1) is 6.04 Å². The molecule has 1 atom stereocenters. The monoisotopic (exact) mass is 337 g/mol. The number of carbonyl (C=O) groups is 1. The molecule has 2 aromatic rings. The van der Waals surface area contributed by atoms with Gasteiger partial charge in [-0.15, -0.1) is 0 Å². The second-order valence-corrected chi connectivity index (χ2v) is 6.12. The average Bonchev–Trinajstić information content (AvgIpc) is 2.65. The first kappa shape index (κ1) is 17.1. The Bertz CT molecular complexity index is 765. The van der Waals surface area contributed by atoms with Crippen molar-refractivity contribution in [2.75, 3.05) is 13.2 Å². The van der Waals surface area contributed by atoms with Crippen molar-refractivity contribution in [1.29, 1.82) is 0 Å². The summed E-state index contributed by atoms with van der Waals surface area (Å²) in [6, 6.07) is 13.9. The smallest absolute Gasteiger partial charge is 0.244 e. The zero-order valence-corrected chi connectivity index (χ0v) is 14.6. The van der Waals surface area contributed by atoms with Crippen molar-refractivity contribution in [3.63, 3.8) is 0 Å². The molecule has 25 heavy (non-hydrogen) atoms. The highest BCUT2D eigenvalue weighted by Gasteiger charge is 2.12. The minimum atomic E-state index is -0.109. The van der Waals surface area contributed by atoms with Crippen molar-refractivity contribution in [2.24, 2.45) is 0 Å². The first-order chi connectivity index (χ1) is 12.2. The van der Waals surface area contributed by atoms with Crippen molar-refractivity contribution in [3.05, 3.63) is 65.2 Å². The molecule has 4 heteroatoms. The maximum atomic E-state index is 12.3. The molecule has 0 fully saturated rings. The van der Waals surface area contributed by atoms with Gasteiger partial charge in [-0.2, -0.15) is 0 Å². The number of hydrogen-bond acceptors (Lipinski definition) is 3. The number of aryl methyl sites for hydroxylation is 1. The molecule has 4 nitrogen and oxygen atoms in total. The second-order valence-electron chi connectivity index (χ2n) is 6.12. The van der Waals surface area contributed by atoms with Gasteiger partial charge in [-0.1, -0.05) is 42.8 Å². The Morgan fingerprint density at radius 1 is 1.12 bits per heavy atom. The molecule has 1 aliphatic heterocycles. The van der Waals surface area contributed by atoms with E-state index in [1.165, 1.54) is 5.56 Å². The van der Waals surface area contributed by atoms with Crippen molar-refractivity contribution >= 4 is 12.0 Å². The fourth-order valence-electron chi connectivity index (χ4n) is 2.78. The van der Waals surface area contributed by atoms with E-state index in [1.807, 2.05) is 18.2 Å². The molecular formula is C21H23NO3. The number of rotatable bonds is 5. The van der Waals surface area contributed by atoms with Gasteiger partial charge in [0.1, 0.15) is 13.2 Å². The van der Waals surface area contributed by atoms with Crippen LogP contribution in [0.1, 0.15) is 36.1 Å². The predicted octanol–water partition coefficient (Wildman–Crippen LogP) is 4.05. The van der Waals surface area contributed by atoms with Gasteiger partial charge in [0.15, 0.2) is 11.5 Å². The highest BCUT2D eigenvalue weighted by atomic mass is 16.6. The lowest BCUT2D eigenvalue weighted by molar-refractivity contribution is -0.117. The third-order valence-electron chi connectivity index (χ3n) is 4.20. The summed E-state index contributed by atoms with van der Waals surface area (Å²) in [6.07, 6.45) is 4.18. The summed E-state index contributed by atoms with van der Waals surface area (Å²) in [5.74, 6) is 1.36. The van der Waals surface area contributed by atoms with Gasteiger partial charge < -0.3 is 14.8 Å². The SMILES string of the molecule is CC[C@H](NC(=O)/C=C/c1ccc2c(c1)OCCO2)c1ccc(C)cc1. The molecule has 1 heterocycles. The van der Waals surface area contributed by atoms with Crippen molar-refractivity contribution < 1.29 is 14.3 Å². The van der Waals surface area contributed by atoms with E-state index in [0.717, 1.165) is 29.0 Å². The lowest BCUT2D eigenvalue weighted by Gasteiger charge is -2.18. The topological polar surface area (TPSA) is 47.6 Å². The summed E-state index contributed by atoms with van der Waals surface area (Å²) in [7, 11) is 0. The Morgan fingerprint density at radius 2 is 1.84 bits per heavy atom. The Kier molecular flexibility index (Phi) is 5.39. The van der Waals surface area contributed by atoms with Crippen molar-refractivity contribution in [3.8, 4) is 11.5 Å². The molecule has 0 radical (unpaired) electrons. The van der Waals surface area contributed by atoms with Crippen LogP contribution in [0.4, 0.5) is 0 Å². The van der Waals surface area contributed by atoms with Crippen LogP contribution >= 0.6 is 0 Å². The van der Waals surface area contributed by atoms with Crippen LogP contribution < -0.4 is 14.8 Å². The fourth-order valence-corrected chi connectivity index (χ4v) is 2.78. The van der Waals surface area contributed by atoms with E-state index in [4.69, 9.17) is 9.47 Å². The minimum Gasteiger partial charge on any atom is -0.486 e. The number of ether oxygens (including phenoxy) is 2. The Labute approximate surface area is 148 Å². The minimum absolute atomic E-state index is 0.0121. The molecule has 2 aromatic carbocycles. The lowest BCUT2D eigenvalue weighted by atomic mass is 10.0. The van der Waals surface area contributed by atoms with Crippen LogP contribution in [0.25, 0.3) is 6.08 Å². The Morgan fingerprint density at radius 3 is 2.56 bits per heavy atom. The van der Waals surface area contributed by atoms with E-state index in [0.29, 0.717) is 13.2 Å². The van der Waals surface area contributed by atoms with Gasteiger partial charge >= 0.3 is 0 Å². The molecule has 0 bridgehead atoms. The summed E-state index contributed by atoms with van der Waals surface area (Å²) >= 11 is 0. The van der Waals surface area contributed by atoms with Crippen LogP contribution in [0.2, 0.25) is 0 Å². The summed E-state index contributed by atoms with van der Waals surface area (Å²) in [5.41, 5.74) is 3.24. The molecule has 0 saturated heterocycles. The molecule has 0 unspecified atom stereocenters. The number of amides is 1. The lowest BCUT2D eigenvalue weighted by Crippen LogP contribution is -2.26. The standard InChI is InChI=1S/C21H23NO3/c1-3-18(17-8-4-15(2)5-9-17)22-21(23)11-7-16-6-10-19-20(14-16)25-13-12-24-19/h4-11,14,18H,3,12-13H2,1-2H3,(H,22,23)/b11-7+/t18-/m0/s1. The number of hydrogen-bond donors (Lipinski definition) is 1. The van der Waals surface area contributed by atoms with E-state index in [-0.39, 0.29) is 11.9 Å². The Hall–Kier alpha value is -2.75.